The number of carboxylic acid groups (broad SMARTS) is 1. The second kappa shape index (κ2) is 7.33. The van der Waals surface area contributed by atoms with Gasteiger partial charge in [0.15, 0.2) is 0 Å². The van der Waals surface area contributed by atoms with E-state index < -0.39 is 12.0 Å². The Morgan fingerprint density at radius 1 is 1.28 bits per heavy atom. The van der Waals surface area contributed by atoms with Crippen molar-refractivity contribution in [3.8, 4) is 0 Å². The van der Waals surface area contributed by atoms with Gasteiger partial charge in [-0.05, 0) is 19.4 Å². The molecule has 1 heterocycles. The number of carbonyl (C=O) groups excluding carboxylic acids is 1. The van der Waals surface area contributed by atoms with Gasteiger partial charge in [0.1, 0.15) is 0 Å². The van der Waals surface area contributed by atoms with Crippen molar-refractivity contribution >= 4 is 11.9 Å². The maximum atomic E-state index is 12.0. The molecule has 0 aromatic heterocycles. The van der Waals surface area contributed by atoms with Crippen LogP contribution in [0.15, 0.2) is 0 Å². The number of aliphatic carboxylic acids is 1. The minimum Gasteiger partial charge on any atom is -0.481 e. The van der Waals surface area contributed by atoms with Crippen LogP contribution in [0.25, 0.3) is 0 Å². The van der Waals surface area contributed by atoms with Crippen LogP contribution >= 0.6 is 0 Å². The Balaban J connectivity index is 2.32. The molecule has 104 valence electrons. The molecule has 0 spiro atoms. The average Bonchev–Trinajstić information content (AvgIpc) is 2.36. The van der Waals surface area contributed by atoms with Crippen molar-refractivity contribution in [3.05, 3.63) is 0 Å². The number of hydrogen-bond donors (Lipinski definition) is 2. The van der Waals surface area contributed by atoms with Gasteiger partial charge in [0.25, 0.3) is 0 Å². The van der Waals surface area contributed by atoms with Gasteiger partial charge in [-0.1, -0.05) is 6.92 Å². The van der Waals surface area contributed by atoms with Gasteiger partial charge in [-0.2, -0.15) is 0 Å². The molecule has 1 saturated heterocycles. The van der Waals surface area contributed by atoms with E-state index in [0.29, 0.717) is 13.1 Å². The van der Waals surface area contributed by atoms with Gasteiger partial charge in [0.05, 0.1) is 6.04 Å². The predicted molar refractivity (Wildman–Crippen MR) is 68.2 cm³/mol. The number of amides is 1. The van der Waals surface area contributed by atoms with Crippen LogP contribution < -0.4 is 5.73 Å². The van der Waals surface area contributed by atoms with Crippen LogP contribution in [0.4, 0.5) is 0 Å². The van der Waals surface area contributed by atoms with Crippen molar-refractivity contribution in [3.63, 3.8) is 0 Å². The SMILES string of the molecule is CCCN1CCN(C(=O)C(N)CCC(=O)O)CC1. The second-order valence-electron chi connectivity index (χ2n) is 4.71. The fourth-order valence-electron chi connectivity index (χ4n) is 2.15. The Kier molecular flexibility index (Phi) is 6.07. The zero-order valence-electron chi connectivity index (χ0n) is 11.0. The van der Waals surface area contributed by atoms with Crippen molar-refractivity contribution in [2.45, 2.75) is 32.2 Å². The lowest BCUT2D eigenvalue weighted by Crippen LogP contribution is -2.53. The highest BCUT2D eigenvalue weighted by atomic mass is 16.4. The van der Waals surface area contributed by atoms with E-state index in [-0.39, 0.29) is 18.7 Å². The zero-order chi connectivity index (χ0) is 13.5. The number of rotatable bonds is 6. The third-order valence-electron chi connectivity index (χ3n) is 3.21. The maximum Gasteiger partial charge on any atom is 0.303 e. The first-order chi connectivity index (χ1) is 8.54. The van der Waals surface area contributed by atoms with E-state index >= 15 is 0 Å². The van der Waals surface area contributed by atoms with Gasteiger partial charge >= 0.3 is 5.97 Å². The minimum absolute atomic E-state index is 0.0529. The first kappa shape index (κ1) is 14.9. The minimum atomic E-state index is -0.911. The van der Waals surface area contributed by atoms with E-state index in [1.807, 2.05) is 0 Å². The smallest absolute Gasteiger partial charge is 0.303 e. The molecule has 0 aromatic rings. The van der Waals surface area contributed by atoms with E-state index in [1.165, 1.54) is 0 Å². The Morgan fingerprint density at radius 2 is 1.89 bits per heavy atom. The molecule has 6 nitrogen and oxygen atoms in total. The van der Waals surface area contributed by atoms with Gasteiger partial charge in [0, 0.05) is 32.6 Å². The number of carboxylic acids is 1. The summed E-state index contributed by atoms with van der Waals surface area (Å²) in [6, 6.07) is -0.682. The summed E-state index contributed by atoms with van der Waals surface area (Å²) in [5.41, 5.74) is 5.72. The van der Waals surface area contributed by atoms with Crippen LogP contribution in [0.3, 0.4) is 0 Å². The van der Waals surface area contributed by atoms with E-state index in [2.05, 4.69) is 11.8 Å². The van der Waals surface area contributed by atoms with Crippen molar-refractivity contribution in [1.82, 2.24) is 9.80 Å². The molecule has 6 heteroatoms. The molecule has 1 fully saturated rings. The molecular weight excluding hydrogens is 234 g/mol. The summed E-state index contributed by atoms with van der Waals surface area (Å²) in [4.78, 5) is 26.5. The molecule has 1 atom stereocenters. The number of nitrogens with two attached hydrogens (primary N) is 1. The summed E-state index contributed by atoms with van der Waals surface area (Å²) in [6.45, 7) is 6.35. The Labute approximate surface area is 108 Å². The topological polar surface area (TPSA) is 86.9 Å². The molecule has 0 aliphatic carbocycles. The fraction of sp³-hybridized carbons (Fsp3) is 0.833. The van der Waals surface area contributed by atoms with E-state index in [1.54, 1.807) is 4.90 Å². The Hall–Kier alpha value is -1.14. The molecule has 1 aliphatic rings. The summed E-state index contributed by atoms with van der Waals surface area (Å²) < 4.78 is 0. The summed E-state index contributed by atoms with van der Waals surface area (Å²) in [5.74, 6) is -1.03. The largest absolute Gasteiger partial charge is 0.481 e. The molecule has 1 amide bonds. The van der Waals surface area contributed by atoms with Crippen LogP contribution in [0.5, 0.6) is 0 Å². The number of nitrogens with zero attached hydrogens (tertiary/aromatic N) is 2. The summed E-state index contributed by atoms with van der Waals surface area (Å²) in [6.07, 6.45) is 1.28. The normalized spacial score (nSPS) is 18.7. The molecule has 1 aliphatic heterocycles. The first-order valence-corrected chi connectivity index (χ1v) is 6.53. The highest BCUT2D eigenvalue weighted by molar-refractivity contribution is 5.82. The lowest BCUT2D eigenvalue weighted by molar-refractivity contribution is -0.138. The highest BCUT2D eigenvalue weighted by Crippen LogP contribution is 2.06. The molecule has 0 aromatic carbocycles. The van der Waals surface area contributed by atoms with Crippen LogP contribution in [0, 0.1) is 0 Å². The number of piperazine rings is 1. The number of carbonyl (C=O) groups is 2. The second-order valence-corrected chi connectivity index (χ2v) is 4.71. The van der Waals surface area contributed by atoms with Crippen LogP contribution in [0.2, 0.25) is 0 Å². The van der Waals surface area contributed by atoms with E-state index in [0.717, 1.165) is 26.1 Å². The maximum absolute atomic E-state index is 12.0. The third-order valence-corrected chi connectivity index (χ3v) is 3.21. The Bertz CT molecular complexity index is 288. The van der Waals surface area contributed by atoms with Gasteiger partial charge in [-0.3, -0.25) is 14.5 Å². The summed E-state index contributed by atoms with van der Waals surface area (Å²) in [5, 5.41) is 8.56. The van der Waals surface area contributed by atoms with Crippen molar-refractivity contribution in [2.75, 3.05) is 32.7 Å². The van der Waals surface area contributed by atoms with E-state index in [4.69, 9.17) is 10.8 Å². The predicted octanol–water partition coefficient (Wildman–Crippen LogP) is -0.267. The molecule has 0 bridgehead atoms. The quantitative estimate of drug-likeness (QED) is 0.684. The van der Waals surface area contributed by atoms with Gasteiger partial charge < -0.3 is 15.7 Å². The Morgan fingerprint density at radius 3 is 2.39 bits per heavy atom. The molecular formula is C12H23N3O3. The molecule has 0 saturated carbocycles. The highest BCUT2D eigenvalue weighted by Gasteiger charge is 2.25. The molecule has 18 heavy (non-hydrogen) atoms. The molecule has 3 N–H and O–H groups in total. The zero-order valence-corrected chi connectivity index (χ0v) is 11.0. The molecule has 0 radical (unpaired) electrons. The van der Waals surface area contributed by atoms with Gasteiger partial charge in [0.2, 0.25) is 5.91 Å². The van der Waals surface area contributed by atoms with Crippen molar-refractivity contribution < 1.29 is 14.7 Å². The lowest BCUT2D eigenvalue weighted by atomic mass is 10.1. The fourth-order valence-corrected chi connectivity index (χ4v) is 2.15. The van der Waals surface area contributed by atoms with Gasteiger partial charge in [-0.25, -0.2) is 0 Å². The number of hydrogen-bond acceptors (Lipinski definition) is 4. The van der Waals surface area contributed by atoms with Crippen LogP contribution in [0.1, 0.15) is 26.2 Å². The lowest BCUT2D eigenvalue weighted by Gasteiger charge is -2.35. The van der Waals surface area contributed by atoms with Crippen molar-refractivity contribution in [1.29, 1.82) is 0 Å². The summed E-state index contributed by atoms with van der Waals surface area (Å²) >= 11 is 0. The molecule has 1 unspecified atom stereocenters. The standard InChI is InChI=1S/C12H23N3O3/c1-2-5-14-6-8-15(9-7-14)12(18)10(13)3-4-11(16)17/h10H,2-9,13H2,1H3,(H,16,17). The van der Waals surface area contributed by atoms with Crippen molar-refractivity contribution in [2.24, 2.45) is 5.73 Å². The first-order valence-electron chi connectivity index (χ1n) is 6.53. The third kappa shape index (κ3) is 4.62. The van der Waals surface area contributed by atoms with Crippen LogP contribution in [-0.2, 0) is 9.59 Å². The molecule has 1 rings (SSSR count). The van der Waals surface area contributed by atoms with E-state index in [9.17, 15) is 9.59 Å². The van der Waals surface area contributed by atoms with Crippen LogP contribution in [-0.4, -0.2) is 65.5 Å². The summed E-state index contributed by atoms with van der Waals surface area (Å²) in [7, 11) is 0. The average molecular weight is 257 g/mol. The van der Waals surface area contributed by atoms with Gasteiger partial charge in [-0.15, -0.1) is 0 Å². The monoisotopic (exact) mass is 257 g/mol.